The van der Waals surface area contributed by atoms with Crippen molar-refractivity contribution in [3.8, 4) is 0 Å². The van der Waals surface area contributed by atoms with Gasteiger partial charge in [0.2, 0.25) is 0 Å². The number of fused-ring (bicyclic) bond motifs is 1. The molecule has 0 aliphatic carbocycles. The summed E-state index contributed by atoms with van der Waals surface area (Å²) in [6, 6.07) is 0. The van der Waals surface area contributed by atoms with E-state index in [4.69, 9.17) is 0 Å². The Morgan fingerprint density at radius 2 is 2.41 bits per heavy atom. The molecule has 1 amide bonds. The summed E-state index contributed by atoms with van der Waals surface area (Å²) in [7, 11) is 0. The van der Waals surface area contributed by atoms with Crippen LogP contribution in [0.25, 0.3) is 5.78 Å². The van der Waals surface area contributed by atoms with E-state index in [2.05, 4.69) is 27.0 Å². The standard InChI is InChI=1S/C11H13N5O/c1-3-5-12-10(17)8-6-13-11-14-7-15-16(11)9(8)4-2/h3,6-7H,1,4-5H2,2H3,(H,12,17). The number of carbonyl (C=O) groups excluding carboxylic acids is 1. The lowest BCUT2D eigenvalue weighted by molar-refractivity contribution is 0.0956. The van der Waals surface area contributed by atoms with Gasteiger partial charge in [-0.25, -0.2) is 9.50 Å². The van der Waals surface area contributed by atoms with Crippen LogP contribution in [0.3, 0.4) is 0 Å². The molecule has 1 N–H and O–H groups in total. The van der Waals surface area contributed by atoms with Crippen LogP contribution in [-0.4, -0.2) is 32.0 Å². The summed E-state index contributed by atoms with van der Waals surface area (Å²) in [6.45, 7) is 5.94. The van der Waals surface area contributed by atoms with Gasteiger partial charge in [0.1, 0.15) is 6.33 Å². The van der Waals surface area contributed by atoms with Crippen LogP contribution >= 0.6 is 0 Å². The first-order valence-electron chi connectivity index (χ1n) is 5.34. The number of amides is 1. The average Bonchev–Trinajstić information content (AvgIpc) is 2.82. The number of hydrogen-bond donors (Lipinski definition) is 1. The van der Waals surface area contributed by atoms with Crippen LogP contribution in [0.1, 0.15) is 23.0 Å². The summed E-state index contributed by atoms with van der Waals surface area (Å²) in [5, 5.41) is 6.78. The highest BCUT2D eigenvalue weighted by molar-refractivity contribution is 5.95. The monoisotopic (exact) mass is 231 g/mol. The van der Waals surface area contributed by atoms with Crippen molar-refractivity contribution in [3.63, 3.8) is 0 Å². The first-order valence-corrected chi connectivity index (χ1v) is 5.34. The topological polar surface area (TPSA) is 72.2 Å². The highest BCUT2D eigenvalue weighted by Crippen LogP contribution is 2.09. The number of rotatable bonds is 4. The third-order valence-electron chi connectivity index (χ3n) is 2.39. The largest absolute Gasteiger partial charge is 0.348 e. The van der Waals surface area contributed by atoms with Crippen molar-refractivity contribution in [2.45, 2.75) is 13.3 Å². The van der Waals surface area contributed by atoms with Crippen LogP contribution in [0.4, 0.5) is 0 Å². The summed E-state index contributed by atoms with van der Waals surface area (Å²) in [5.41, 5.74) is 1.32. The number of carbonyl (C=O) groups is 1. The number of nitrogens with one attached hydrogen (secondary N) is 1. The minimum Gasteiger partial charge on any atom is -0.348 e. The van der Waals surface area contributed by atoms with Crippen molar-refractivity contribution in [2.24, 2.45) is 0 Å². The van der Waals surface area contributed by atoms with E-state index in [-0.39, 0.29) is 5.91 Å². The van der Waals surface area contributed by atoms with E-state index < -0.39 is 0 Å². The van der Waals surface area contributed by atoms with Crippen molar-refractivity contribution < 1.29 is 4.79 Å². The normalized spacial score (nSPS) is 10.4. The number of aromatic nitrogens is 4. The quantitative estimate of drug-likeness (QED) is 0.782. The SMILES string of the molecule is C=CCNC(=O)c1cnc2ncnn2c1CC. The molecular formula is C11H13N5O. The van der Waals surface area contributed by atoms with Crippen LogP contribution < -0.4 is 5.32 Å². The van der Waals surface area contributed by atoms with Crippen molar-refractivity contribution >= 4 is 11.7 Å². The molecule has 0 saturated carbocycles. The van der Waals surface area contributed by atoms with Gasteiger partial charge in [0, 0.05) is 12.7 Å². The molecule has 6 nitrogen and oxygen atoms in total. The lowest BCUT2D eigenvalue weighted by Gasteiger charge is -2.08. The lowest BCUT2D eigenvalue weighted by Crippen LogP contribution is -2.25. The van der Waals surface area contributed by atoms with Gasteiger partial charge >= 0.3 is 0 Å². The van der Waals surface area contributed by atoms with Crippen molar-refractivity contribution in [1.82, 2.24) is 24.9 Å². The minimum absolute atomic E-state index is 0.174. The molecule has 6 heteroatoms. The smallest absolute Gasteiger partial charge is 0.254 e. The number of aryl methyl sites for hydroxylation is 1. The zero-order valence-electron chi connectivity index (χ0n) is 9.55. The molecule has 2 aromatic rings. The summed E-state index contributed by atoms with van der Waals surface area (Å²) >= 11 is 0. The molecule has 88 valence electrons. The Kier molecular flexibility index (Phi) is 3.13. The predicted octanol–water partition coefficient (Wildman–Crippen LogP) is 0.602. The fraction of sp³-hybridized carbons (Fsp3) is 0.273. The Labute approximate surface area is 98.4 Å². The van der Waals surface area contributed by atoms with Gasteiger partial charge in [0.25, 0.3) is 11.7 Å². The highest BCUT2D eigenvalue weighted by Gasteiger charge is 2.14. The van der Waals surface area contributed by atoms with E-state index >= 15 is 0 Å². The average molecular weight is 231 g/mol. The van der Waals surface area contributed by atoms with Crippen LogP contribution in [0.5, 0.6) is 0 Å². The third-order valence-corrected chi connectivity index (χ3v) is 2.39. The predicted molar refractivity (Wildman–Crippen MR) is 62.7 cm³/mol. The van der Waals surface area contributed by atoms with E-state index in [0.29, 0.717) is 24.3 Å². The molecule has 0 saturated heterocycles. The first-order chi connectivity index (χ1) is 8.27. The van der Waals surface area contributed by atoms with E-state index in [1.165, 1.54) is 12.5 Å². The Morgan fingerprint density at radius 1 is 1.59 bits per heavy atom. The van der Waals surface area contributed by atoms with Gasteiger partial charge in [-0.1, -0.05) is 13.0 Å². The Morgan fingerprint density at radius 3 is 3.12 bits per heavy atom. The lowest BCUT2D eigenvalue weighted by atomic mass is 10.2. The fourth-order valence-electron chi connectivity index (χ4n) is 1.61. The maximum absolute atomic E-state index is 11.9. The zero-order valence-corrected chi connectivity index (χ0v) is 9.55. The van der Waals surface area contributed by atoms with E-state index in [1.54, 1.807) is 10.6 Å². The second-order valence-corrected chi connectivity index (χ2v) is 3.44. The van der Waals surface area contributed by atoms with Gasteiger partial charge in [-0.05, 0) is 6.42 Å². The van der Waals surface area contributed by atoms with Crippen molar-refractivity contribution in [2.75, 3.05) is 6.54 Å². The molecule has 2 heterocycles. The Bertz CT molecular complexity index is 560. The van der Waals surface area contributed by atoms with E-state index in [1.807, 2.05) is 6.92 Å². The van der Waals surface area contributed by atoms with Gasteiger partial charge in [-0.15, -0.1) is 6.58 Å². The maximum atomic E-state index is 11.9. The van der Waals surface area contributed by atoms with E-state index in [9.17, 15) is 4.79 Å². The molecule has 0 aromatic carbocycles. The molecular weight excluding hydrogens is 218 g/mol. The van der Waals surface area contributed by atoms with Crippen LogP contribution in [-0.2, 0) is 6.42 Å². The molecule has 17 heavy (non-hydrogen) atoms. The number of nitrogens with zero attached hydrogens (tertiary/aromatic N) is 4. The first kappa shape index (κ1) is 11.3. The number of hydrogen-bond acceptors (Lipinski definition) is 4. The molecule has 0 radical (unpaired) electrons. The molecule has 0 aliphatic heterocycles. The highest BCUT2D eigenvalue weighted by atomic mass is 16.1. The van der Waals surface area contributed by atoms with Crippen LogP contribution in [0.15, 0.2) is 25.2 Å². The molecule has 0 fully saturated rings. The third kappa shape index (κ3) is 2.01. The summed E-state index contributed by atoms with van der Waals surface area (Å²) in [4.78, 5) is 20.0. The van der Waals surface area contributed by atoms with Crippen LogP contribution in [0.2, 0.25) is 0 Å². The van der Waals surface area contributed by atoms with Gasteiger partial charge < -0.3 is 5.32 Å². The zero-order chi connectivity index (χ0) is 12.3. The molecule has 0 spiro atoms. The summed E-state index contributed by atoms with van der Waals surface area (Å²) < 4.78 is 1.59. The van der Waals surface area contributed by atoms with Gasteiger partial charge in [0.15, 0.2) is 0 Å². The maximum Gasteiger partial charge on any atom is 0.254 e. The van der Waals surface area contributed by atoms with Crippen molar-refractivity contribution in [3.05, 3.63) is 36.4 Å². The second-order valence-electron chi connectivity index (χ2n) is 3.44. The second kappa shape index (κ2) is 4.73. The molecule has 2 rings (SSSR count). The minimum atomic E-state index is -0.174. The summed E-state index contributed by atoms with van der Waals surface area (Å²) in [6.07, 6.45) is 5.26. The fourth-order valence-corrected chi connectivity index (χ4v) is 1.61. The van der Waals surface area contributed by atoms with Gasteiger partial charge in [0.05, 0.1) is 11.3 Å². The Balaban J connectivity index is 2.45. The molecule has 2 aromatic heterocycles. The van der Waals surface area contributed by atoms with Gasteiger partial charge in [-0.2, -0.15) is 10.1 Å². The van der Waals surface area contributed by atoms with Gasteiger partial charge in [-0.3, -0.25) is 4.79 Å². The molecule has 0 aliphatic rings. The van der Waals surface area contributed by atoms with E-state index in [0.717, 1.165) is 5.69 Å². The summed E-state index contributed by atoms with van der Waals surface area (Å²) in [5.74, 6) is 0.328. The molecule has 0 unspecified atom stereocenters. The van der Waals surface area contributed by atoms with Crippen LogP contribution in [0, 0.1) is 0 Å². The van der Waals surface area contributed by atoms with Crippen molar-refractivity contribution in [1.29, 1.82) is 0 Å². The Hall–Kier alpha value is -2.24. The molecule has 0 atom stereocenters. The molecule has 0 bridgehead atoms.